The average Bonchev–Trinajstić information content (AvgIpc) is 2.40. The number of benzene rings is 2. The maximum absolute atomic E-state index is 11.8. The second-order valence-electron chi connectivity index (χ2n) is 4.14. The lowest BCUT2D eigenvalue weighted by atomic mass is 10.1. The molecule has 0 bridgehead atoms. The van der Waals surface area contributed by atoms with Crippen molar-refractivity contribution in [2.24, 2.45) is 0 Å². The van der Waals surface area contributed by atoms with Crippen LogP contribution in [-0.2, 0) is 11.2 Å². The topological polar surface area (TPSA) is 41.1 Å². The average molecular weight is 240 g/mol. The molecular formula is C15H16N2O. The van der Waals surface area contributed by atoms with Gasteiger partial charge >= 0.3 is 0 Å². The lowest BCUT2D eigenvalue weighted by Gasteiger charge is -2.09. The highest BCUT2D eigenvalue weighted by Gasteiger charge is 2.04. The Bertz CT molecular complexity index is 523. The Kier molecular flexibility index (Phi) is 3.97. The molecule has 2 N–H and O–H groups in total. The summed E-state index contributed by atoms with van der Waals surface area (Å²) in [6.07, 6.45) is 0.381. The number of amides is 1. The third kappa shape index (κ3) is 3.35. The van der Waals surface area contributed by atoms with Gasteiger partial charge in [0.25, 0.3) is 0 Å². The van der Waals surface area contributed by atoms with E-state index in [9.17, 15) is 4.79 Å². The summed E-state index contributed by atoms with van der Waals surface area (Å²) in [5.41, 5.74) is 8.62. The number of hydrazine groups is 1. The summed E-state index contributed by atoms with van der Waals surface area (Å²) in [4.78, 5) is 11.8. The summed E-state index contributed by atoms with van der Waals surface area (Å²) >= 11 is 0. The van der Waals surface area contributed by atoms with E-state index in [2.05, 4.69) is 10.9 Å². The fourth-order valence-electron chi connectivity index (χ4n) is 1.69. The highest BCUT2D eigenvalue weighted by atomic mass is 16.2. The Morgan fingerprint density at radius 2 is 1.67 bits per heavy atom. The minimum absolute atomic E-state index is 0.0480. The number of rotatable bonds is 4. The van der Waals surface area contributed by atoms with Gasteiger partial charge in [-0.3, -0.25) is 15.6 Å². The van der Waals surface area contributed by atoms with Crippen LogP contribution < -0.4 is 10.9 Å². The first-order valence-electron chi connectivity index (χ1n) is 5.90. The van der Waals surface area contributed by atoms with E-state index in [1.54, 1.807) is 0 Å². The van der Waals surface area contributed by atoms with Crippen molar-refractivity contribution in [2.45, 2.75) is 13.3 Å². The zero-order chi connectivity index (χ0) is 12.8. The Balaban J connectivity index is 1.88. The van der Waals surface area contributed by atoms with Crippen LogP contribution in [0.5, 0.6) is 0 Å². The van der Waals surface area contributed by atoms with Crippen LogP contribution in [0.25, 0.3) is 0 Å². The number of hydrogen-bond acceptors (Lipinski definition) is 2. The normalized spacial score (nSPS) is 9.83. The van der Waals surface area contributed by atoms with Crippen LogP contribution in [0.1, 0.15) is 11.1 Å². The van der Waals surface area contributed by atoms with Gasteiger partial charge in [0, 0.05) is 0 Å². The minimum atomic E-state index is -0.0480. The van der Waals surface area contributed by atoms with Gasteiger partial charge in [-0.15, -0.1) is 0 Å². The van der Waals surface area contributed by atoms with Crippen LogP contribution in [0, 0.1) is 6.92 Å². The van der Waals surface area contributed by atoms with Crippen LogP contribution >= 0.6 is 0 Å². The van der Waals surface area contributed by atoms with Crippen LogP contribution in [-0.4, -0.2) is 5.91 Å². The summed E-state index contributed by atoms with van der Waals surface area (Å²) in [7, 11) is 0. The van der Waals surface area contributed by atoms with Crippen molar-refractivity contribution in [3.8, 4) is 0 Å². The molecule has 0 saturated carbocycles. The summed E-state index contributed by atoms with van der Waals surface area (Å²) in [6, 6.07) is 17.4. The number of carbonyl (C=O) groups is 1. The molecule has 0 fully saturated rings. The van der Waals surface area contributed by atoms with Crippen LogP contribution in [0.15, 0.2) is 54.6 Å². The zero-order valence-electron chi connectivity index (χ0n) is 10.3. The van der Waals surface area contributed by atoms with E-state index in [4.69, 9.17) is 0 Å². The van der Waals surface area contributed by atoms with E-state index in [0.29, 0.717) is 6.42 Å². The Hall–Kier alpha value is -2.29. The fraction of sp³-hybridized carbons (Fsp3) is 0.133. The maximum Gasteiger partial charge on any atom is 0.242 e. The summed E-state index contributed by atoms with van der Waals surface area (Å²) < 4.78 is 0. The fourth-order valence-corrected chi connectivity index (χ4v) is 1.69. The number of hydrogen-bond donors (Lipinski definition) is 2. The van der Waals surface area contributed by atoms with Gasteiger partial charge in [0.05, 0.1) is 12.1 Å². The Labute approximate surface area is 107 Å². The Morgan fingerprint density at radius 3 is 2.39 bits per heavy atom. The summed E-state index contributed by atoms with van der Waals surface area (Å²) in [5, 5.41) is 0. The quantitative estimate of drug-likeness (QED) is 0.807. The van der Waals surface area contributed by atoms with Crippen molar-refractivity contribution in [1.82, 2.24) is 5.43 Å². The lowest BCUT2D eigenvalue weighted by Crippen LogP contribution is -2.30. The van der Waals surface area contributed by atoms with E-state index < -0.39 is 0 Å². The number of aryl methyl sites for hydroxylation is 1. The minimum Gasteiger partial charge on any atom is -0.299 e. The van der Waals surface area contributed by atoms with Crippen molar-refractivity contribution in [3.63, 3.8) is 0 Å². The third-order valence-electron chi connectivity index (χ3n) is 2.73. The maximum atomic E-state index is 11.8. The van der Waals surface area contributed by atoms with Gasteiger partial charge in [-0.05, 0) is 30.2 Å². The molecule has 2 rings (SSSR count). The zero-order valence-corrected chi connectivity index (χ0v) is 10.3. The van der Waals surface area contributed by atoms with E-state index >= 15 is 0 Å². The van der Waals surface area contributed by atoms with Crippen molar-refractivity contribution >= 4 is 11.6 Å². The van der Waals surface area contributed by atoms with Gasteiger partial charge in [-0.2, -0.15) is 0 Å². The van der Waals surface area contributed by atoms with E-state index in [1.165, 1.54) is 0 Å². The highest BCUT2D eigenvalue weighted by Crippen LogP contribution is 2.08. The molecule has 0 spiro atoms. The second kappa shape index (κ2) is 5.87. The number of carbonyl (C=O) groups excluding carboxylic acids is 1. The second-order valence-corrected chi connectivity index (χ2v) is 4.14. The van der Waals surface area contributed by atoms with Gasteiger partial charge in [0.1, 0.15) is 0 Å². The van der Waals surface area contributed by atoms with Crippen LogP contribution in [0.3, 0.4) is 0 Å². The molecule has 0 saturated heterocycles. The SMILES string of the molecule is Cc1ccccc1CC(=O)NNc1ccccc1. The molecule has 0 atom stereocenters. The predicted octanol–water partition coefficient (Wildman–Crippen LogP) is 2.68. The molecule has 0 aliphatic carbocycles. The molecule has 0 aliphatic rings. The van der Waals surface area contributed by atoms with Crippen molar-refractivity contribution in [1.29, 1.82) is 0 Å². The van der Waals surface area contributed by atoms with Gasteiger partial charge < -0.3 is 0 Å². The first-order valence-corrected chi connectivity index (χ1v) is 5.90. The highest BCUT2D eigenvalue weighted by molar-refractivity contribution is 5.80. The number of nitrogens with one attached hydrogen (secondary N) is 2. The van der Waals surface area contributed by atoms with Crippen LogP contribution in [0.2, 0.25) is 0 Å². The third-order valence-corrected chi connectivity index (χ3v) is 2.73. The van der Waals surface area contributed by atoms with Gasteiger partial charge in [-0.1, -0.05) is 42.5 Å². The molecule has 1 amide bonds. The summed E-state index contributed by atoms with van der Waals surface area (Å²) in [6.45, 7) is 2.01. The molecule has 0 heterocycles. The standard InChI is InChI=1S/C15H16N2O/c1-12-7-5-6-8-13(12)11-15(18)17-16-14-9-3-2-4-10-14/h2-10,16H,11H2,1H3,(H,17,18). The number of anilines is 1. The molecule has 3 heteroatoms. The molecule has 2 aromatic carbocycles. The molecule has 0 radical (unpaired) electrons. The number of para-hydroxylation sites is 1. The van der Waals surface area contributed by atoms with Gasteiger partial charge in [0.15, 0.2) is 0 Å². The molecule has 92 valence electrons. The lowest BCUT2D eigenvalue weighted by molar-refractivity contribution is -0.119. The predicted molar refractivity (Wildman–Crippen MR) is 73.1 cm³/mol. The molecule has 2 aromatic rings. The summed E-state index contributed by atoms with van der Waals surface area (Å²) in [5.74, 6) is -0.0480. The van der Waals surface area contributed by atoms with Crippen molar-refractivity contribution < 1.29 is 4.79 Å². The smallest absolute Gasteiger partial charge is 0.242 e. The van der Waals surface area contributed by atoms with E-state index in [0.717, 1.165) is 16.8 Å². The van der Waals surface area contributed by atoms with Crippen LogP contribution in [0.4, 0.5) is 5.69 Å². The first-order chi connectivity index (χ1) is 8.75. The first kappa shape index (κ1) is 12.2. The molecule has 3 nitrogen and oxygen atoms in total. The van der Waals surface area contributed by atoms with Gasteiger partial charge in [-0.25, -0.2) is 0 Å². The van der Waals surface area contributed by atoms with Crippen molar-refractivity contribution in [3.05, 3.63) is 65.7 Å². The van der Waals surface area contributed by atoms with Crippen molar-refractivity contribution in [2.75, 3.05) is 5.43 Å². The molecular weight excluding hydrogens is 224 g/mol. The monoisotopic (exact) mass is 240 g/mol. The molecule has 18 heavy (non-hydrogen) atoms. The van der Waals surface area contributed by atoms with E-state index in [1.807, 2.05) is 61.5 Å². The molecule has 0 aromatic heterocycles. The Morgan fingerprint density at radius 1 is 1.00 bits per heavy atom. The van der Waals surface area contributed by atoms with E-state index in [-0.39, 0.29) is 5.91 Å². The molecule has 0 unspecified atom stereocenters. The molecule has 0 aliphatic heterocycles. The van der Waals surface area contributed by atoms with Gasteiger partial charge in [0.2, 0.25) is 5.91 Å². The largest absolute Gasteiger partial charge is 0.299 e.